The quantitative estimate of drug-likeness (QED) is 0.0266. The molecule has 1 amide bonds. The Hall–Kier alpha value is -2.58. The van der Waals surface area contributed by atoms with E-state index in [-0.39, 0.29) is 35.2 Å². The maximum absolute atomic E-state index is 13.2. The molecule has 0 spiro atoms. The average Bonchev–Trinajstić information content (AvgIpc) is 3.07. The van der Waals surface area contributed by atoms with Crippen molar-refractivity contribution in [2.24, 2.45) is 11.0 Å². The Morgan fingerprint density at radius 3 is 2.09 bits per heavy atom. The van der Waals surface area contributed by atoms with E-state index in [1.165, 1.54) is 6.08 Å². The molecule has 0 aromatic heterocycles. The Morgan fingerprint density at radius 1 is 0.914 bits per heavy atom. The molecule has 0 aromatic rings. The van der Waals surface area contributed by atoms with Gasteiger partial charge in [-0.25, -0.2) is 4.79 Å². The number of allylic oxidation sites excluding steroid dienone is 6. The second-order valence-electron chi connectivity index (χ2n) is 19.6. The molecule has 1 aliphatic rings. The van der Waals surface area contributed by atoms with Crippen molar-refractivity contribution < 1.29 is 27.6 Å². The number of cyclic esters (lactones) is 1. The summed E-state index contributed by atoms with van der Waals surface area (Å²) in [4.78, 5) is 27.5. The first-order chi connectivity index (χ1) is 26.7. The lowest BCUT2D eigenvalue weighted by Crippen LogP contribution is -2.53. The number of amides is 1. The summed E-state index contributed by atoms with van der Waals surface area (Å²) < 4.78 is 27.9. The SMILES string of the molecule is CC(/C=C/C(=O)N=[N+]=[N-])=C\[C@H](C)[C@@H]1C/C(C)=C/C=C/CC[C@@H](O[Si](C)(C)C)[C@H](O[Si](C(C)C)(C(C)C)C(C)C)/C=C/[C@H](O[Si](C)(C)C(C)(C)C)CCC/C=C/C(=O)O1. The minimum atomic E-state index is -2.30. The molecule has 1 heterocycles. The number of hydrogen-bond acceptors (Lipinski definition) is 6. The van der Waals surface area contributed by atoms with Crippen molar-refractivity contribution >= 4 is 36.8 Å². The molecular formula is C46H81N3O6Si3. The van der Waals surface area contributed by atoms with Crippen LogP contribution in [0.25, 0.3) is 10.4 Å². The molecule has 0 aliphatic carbocycles. The highest BCUT2D eigenvalue weighted by atomic mass is 28.4. The van der Waals surface area contributed by atoms with Gasteiger partial charge in [0.1, 0.15) is 6.10 Å². The second-order valence-corrected chi connectivity index (χ2v) is 34.3. The van der Waals surface area contributed by atoms with Crippen molar-refractivity contribution in [2.75, 3.05) is 0 Å². The predicted octanol–water partition coefficient (Wildman–Crippen LogP) is 14.0. The highest BCUT2D eigenvalue weighted by Gasteiger charge is 2.48. The van der Waals surface area contributed by atoms with Crippen LogP contribution in [0, 0.1) is 5.92 Å². The Morgan fingerprint density at radius 2 is 1.53 bits per heavy atom. The van der Waals surface area contributed by atoms with Crippen molar-refractivity contribution in [1.82, 2.24) is 0 Å². The normalized spacial score (nSPS) is 25.1. The third-order valence-electron chi connectivity index (χ3n) is 11.5. The molecule has 12 heteroatoms. The predicted molar refractivity (Wildman–Crippen MR) is 251 cm³/mol. The summed E-state index contributed by atoms with van der Waals surface area (Å²) in [6, 6.07) is 0. The molecule has 9 nitrogen and oxygen atoms in total. The van der Waals surface area contributed by atoms with Crippen LogP contribution < -0.4 is 0 Å². The van der Waals surface area contributed by atoms with Crippen LogP contribution in [0.2, 0.25) is 54.4 Å². The van der Waals surface area contributed by atoms with Crippen molar-refractivity contribution in [3.63, 3.8) is 0 Å². The summed E-state index contributed by atoms with van der Waals surface area (Å²) in [6.07, 6.45) is 22.9. The maximum Gasteiger partial charge on any atom is 0.330 e. The van der Waals surface area contributed by atoms with E-state index in [9.17, 15) is 9.59 Å². The summed E-state index contributed by atoms with van der Waals surface area (Å²) in [5.41, 5.74) is 11.7. The Kier molecular flexibility index (Phi) is 22.7. The lowest BCUT2D eigenvalue weighted by Gasteiger charge is -2.46. The number of esters is 1. The van der Waals surface area contributed by atoms with Gasteiger partial charge in [-0.3, -0.25) is 4.79 Å². The molecule has 0 saturated heterocycles. The third kappa shape index (κ3) is 18.8. The van der Waals surface area contributed by atoms with Gasteiger partial charge in [0.05, 0.1) is 18.3 Å². The molecule has 0 saturated carbocycles. The van der Waals surface area contributed by atoms with Crippen LogP contribution >= 0.6 is 0 Å². The van der Waals surface area contributed by atoms with Gasteiger partial charge in [-0.1, -0.05) is 129 Å². The van der Waals surface area contributed by atoms with E-state index in [1.54, 1.807) is 12.2 Å². The minimum Gasteiger partial charge on any atom is -0.458 e. The van der Waals surface area contributed by atoms with Crippen LogP contribution in [-0.2, 0) is 27.6 Å². The van der Waals surface area contributed by atoms with E-state index in [2.05, 4.69) is 142 Å². The molecule has 0 fully saturated rings. The van der Waals surface area contributed by atoms with Gasteiger partial charge in [0, 0.05) is 23.3 Å². The highest BCUT2D eigenvalue weighted by Crippen LogP contribution is 2.44. The van der Waals surface area contributed by atoms with E-state index in [4.69, 9.17) is 23.5 Å². The number of rotatable bonds is 13. The molecule has 1 aliphatic heterocycles. The lowest BCUT2D eigenvalue weighted by molar-refractivity contribution is -0.144. The smallest absolute Gasteiger partial charge is 0.330 e. The molecule has 0 radical (unpaired) electrons. The molecule has 0 bridgehead atoms. The molecule has 1 rings (SSSR count). The summed E-state index contributed by atoms with van der Waals surface area (Å²) in [5, 5.41) is 3.14. The fraction of sp³-hybridized carbons (Fsp3) is 0.696. The van der Waals surface area contributed by atoms with Crippen LogP contribution in [0.15, 0.2) is 77.0 Å². The van der Waals surface area contributed by atoms with Gasteiger partial charge in [0.2, 0.25) is 14.2 Å². The molecular weight excluding hydrogens is 775 g/mol. The average molecular weight is 856 g/mol. The summed E-state index contributed by atoms with van der Waals surface area (Å²) in [6.45, 7) is 38.2. The van der Waals surface area contributed by atoms with E-state index < -0.39 is 37.0 Å². The van der Waals surface area contributed by atoms with Crippen molar-refractivity contribution in [3.05, 3.63) is 82.3 Å². The Balaban J connectivity index is 3.82. The number of carbonyl (C=O) groups is 2. The Labute approximate surface area is 356 Å². The maximum atomic E-state index is 13.2. The fourth-order valence-corrected chi connectivity index (χ4v) is 15.6. The second kappa shape index (κ2) is 24.6. The minimum absolute atomic E-state index is 0.0440. The van der Waals surface area contributed by atoms with Gasteiger partial charge in [-0.2, -0.15) is 0 Å². The molecule has 58 heavy (non-hydrogen) atoms. The monoisotopic (exact) mass is 856 g/mol. The standard InChI is InChI=1S/C46H81N3O6Si3/c1-34(2)58(35(3)4,36(5)6)55-42-30-29-40(53-57(16,17)46(10,11)12)25-21-19-23-27-45(51)52-43(39(9)32-38(8)28-31-44(50)48-49-47)33-37(7)24-20-18-22-26-41(42)54-56(13,14)15/h18,20,23-24,27-32,34-36,39-43H,19,21-22,25-26,33H2,1-17H3/b20-18+,27-23+,30-29+,31-28+,37-24+,38-32+/t39-,40+,41+,42+,43-/m0/s1. The Bertz CT molecular complexity index is 1520. The largest absolute Gasteiger partial charge is 0.458 e. The van der Waals surface area contributed by atoms with Crippen LogP contribution in [0.3, 0.4) is 0 Å². The van der Waals surface area contributed by atoms with Crippen molar-refractivity contribution in [1.29, 1.82) is 0 Å². The van der Waals surface area contributed by atoms with Crippen LogP contribution in [0.5, 0.6) is 0 Å². The van der Waals surface area contributed by atoms with Gasteiger partial charge < -0.3 is 18.0 Å². The molecule has 0 unspecified atom stereocenters. The summed E-state index contributed by atoms with van der Waals surface area (Å²) in [5.74, 6) is -1.21. The molecule has 0 aromatic carbocycles. The number of nitrogens with zero attached hydrogens (tertiary/aromatic N) is 3. The summed E-state index contributed by atoms with van der Waals surface area (Å²) in [7, 11) is -6.42. The molecule has 0 N–H and O–H groups in total. The van der Waals surface area contributed by atoms with Crippen LogP contribution in [0.4, 0.5) is 0 Å². The number of hydrogen-bond donors (Lipinski definition) is 0. The number of carbonyl (C=O) groups excluding carboxylic acids is 2. The third-order valence-corrected chi connectivity index (χ3v) is 23.1. The first-order valence-electron chi connectivity index (χ1n) is 21.6. The molecule has 5 atom stereocenters. The zero-order valence-corrected chi connectivity index (χ0v) is 42.4. The van der Waals surface area contributed by atoms with Gasteiger partial charge >= 0.3 is 5.97 Å². The lowest BCUT2D eigenvalue weighted by atomic mass is 9.95. The number of azide groups is 1. The van der Waals surface area contributed by atoms with Crippen molar-refractivity contribution in [3.8, 4) is 0 Å². The fourth-order valence-electron chi connectivity index (χ4n) is 7.58. The van der Waals surface area contributed by atoms with Gasteiger partial charge in [0.25, 0.3) is 0 Å². The first kappa shape index (κ1) is 53.4. The van der Waals surface area contributed by atoms with E-state index >= 15 is 0 Å². The first-order valence-corrected chi connectivity index (χ1v) is 30.1. The zero-order valence-electron chi connectivity index (χ0n) is 39.4. The van der Waals surface area contributed by atoms with Crippen LogP contribution in [0.1, 0.15) is 122 Å². The molecule has 328 valence electrons. The number of ether oxygens (including phenoxy) is 1. The topological polar surface area (TPSA) is 120 Å². The zero-order chi connectivity index (χ0) is 44.5. The van der Waals surface area contributed by atoms with Gasteiger partial charge in [0.15, 0.2) is 16.6 Å². The van der Waals surface area contributed by atoms with E-state index in [0.717, 1.165) is 36.8 Å². The van der Waals surface area contributed by atoms with Crippen LogP contribution in [-0.4, -0.2) is 61.2 Å². The van der Waals surface area contributed by atoms with E-state index in [0.29, 0.717) is 29.5 Å². The summed E-state index contributed by atoms with van der Waals surface area (Å²) >= 11 is 0. The van der Waals surface area contributed by atoms with Crippen molar-refractivity contribution in [2.45, 2.75) is 200 Å². The van der Waals surface area contributed by atoms with E-state index in [1.807, 2.05) is 26.0 Å². The van der Waals surface area contributed by atoms with Gasteiger partial charge in [-0.05, 0) is 117 Å². The highest BCUT2D eigenvalue weighted by molar-refractivity contribution is 6.77. The van der Waals surface area contributed by atoms with Gasteiger partial charge in [-0.15, -0.1) is 0 Å².